The molecule has 0 fully saturated rings. The lowest BCUT2D eigenvalue weighted by Gasteiger charge is -2.28. The molecule has 29 heavy (non-hydrogen) atoms. The lowest BCUT2D eigenvalue weighted by atomic mass is 10.0. The summed E-state index contributed by atoms with van der Waals surface area (Å²) in [6.45, 7) is 2.66. The first kappa shape index (κ1) is 21.6. The molecule has 2 aromatic rings. The Morgan fingerprint density at radius 3 is 2.41 bits per heavy atom. The van der Waals surface area contributed by atoms with Crippen molar-refractivity contribution in [1.82, 2.24) is 8.61 Å². The molecule has 0 bridgehead atoms. The van der Waals surface area contributed by atoms with E-state index in [2.05, 4.69) is 4.72 Å². The molecule has 0 saturated carbocycles. The zero-order chi connectivity index (χ0) is 21.2. The highest BCUT2D eigenvalue weighted by Gasteiger charge is 2.28. The van der Waals surface area contributed by atoms with Crippen molar-refractivity contribution in [2.75, 3.05) is 32.0 Å². The topological polar surface area (TPSA) is 96.0 Å². The Morgan fingerprint density at radius 2 is 1.76 bits per heavy atom. The Bertz CT molecular complexity index is 1100. The van der Waals surface area contributed by atoms with Crippen molar-refractivity contribution < 1.29 is 21.6 Å². The summed E-state index contributed by atoms with van der Waals surface area (Å²) in [5.74, 6) is 0.177. The minimum atomic E-state index is -3.85. The summed E-state index contributed by atoms with van der Waals surface area (Å²) in [7, 11) is -4.85. The van der Waals surface area contributed by atoms with Crippen molar-refractivity contribution in [1.29, 1.82) is 0 Å². The third-order valence-corrected chi connectivity index (χ3v) is 8.01. The van der Waals surface area contributed by atoms with Gasteiger partial charge in [0.05, 0.1) is 12.3 Å². The predicted octanol–water partition coefficient (Wildman–Crippen LogP) is 2.05. The van der Waals surface area contributed by atoms with Gasteiger partial charge in [-0.3, -0.25) is 4.72 Å². The number of nitrogens with one attached hydrogen (secondary N) is 1. The zero-order valence-corrected chi connectivity index (χ0v) is 18.3. The van der Waals surface area contributed by atoms with E-state index < -0.39 is 20.2 Å². The van der Waals surface area contributed by atoms with Crippen LogP contribution in [0.1, 0.15) is 18.1 Å². The smallest absolute Gasteiger partial charge is 0.301 e. The Morgan fingerprint density at radius 1 is 1.07 bits per heavy atom. The molecule has 1 aliphatic heterocycles. The van der Waals surface area contributed by atoms with Gasteiger partial charge in [-0.25, -0.2) is 12.7 Å². The summed E-state index contributed by atoms with van der Waals surface area (Å²) >= 11 is 0. The van der Waals surface area contributed by atoms with E-state index in [1.54, 1.807) is 6.92 Å². The Balaban J connectivity index is 1.90. The number of sulfonamides is 1. The molecule has 0 radical (unpaired) electrons. The molecule has 0 aromatic heterocycles. The predicted molar refractivity (Wildman–Crippen MR) is 112 cm³/mol. The van der Waals surface area contributed by atoms with Crippen molar-refractivity contribution >= 4 is 25.9 Å². The van der Waals surface area contributed by atoms with Crippen molar-refractivity contribution in [2.24, 2.45) is 0 Å². The highest BCUT2D eigenvalue weighted by atomic mass is 32.2. The van der Waals surface area contributed by atoms with Crippen LogP contribution in [0.3, 0.4) is 0 Å². The second-order valence-corrected chi connectivity index (χ2v) is 10.6. The summed E-state index contributed by atoms with van der Waals surface area (Å²) < 4.78 is 61.4. The molecule has 0 unspecified atom stereocenters. The first-order valence-electron chi connectivity index (χ1n) is 9.19. The van der Waals surface area contributed by atoms with E-state index in [9.17, 15) is 16.8 Å². The molecule has 0 saturated heterocycles. The molecule has 0 aliphatic carbocycles. The molecule has 3 rings (SSSR count). The number of nitrogens with zero attached hydrogens (tertiary/aromatic N) is 2. The average molecular weight is 440 g/mol. The van der Waals surface area contributed by atoms with Gasteiger partial charge in [-0.2, -0.15) is 12.7 Å². The number of fused-ring (bicyclic) bond motifs is 1. The van der Waals surface area contributed by atoms with Gasteiger partial charge in [0, 0.05) is 27.2 Å². The van der Waals surface area contributed by atoms with Crippen LogP contribution >= 0.6 is 0 Å². The monoisotopic (exact) mass is 439 g/mol. The quantitative estimate of drug-likeness (QED) is 0.712. The molecule has 1 aliphatic rings. The van der Waals surface area contributed by atoms with Crippen molar-refractivity contribution in [3.05, 3.63) is 53.6 Å². The summed E-state index contributed by atoms with van der Waals surface area (Å²) in [5.41, 5.74) is 2.26. The SMILES string of the molecule is CCOc1ccc(NS(=O)(=O)N2CCc3ccccc3C2)cc1S(=O)(=O)N(C)C. The molecule has 1 N–H and O–H groups in total. The lowest BCUT2D eigenvalue weighted by Crippen LogP contribution is -2.39. The standard InChI is InChI=1S/C19H25N3O5S2/c1-4-27-18-10-9-17(13-19(18)28(23,24)21(2)3)20-29(25,26)22-12-11-15-7-5-6-8-16(15)14-22/h5-10,13,20H,4,11-12,14H2,1-3H3. The first-order chi connectivity index (χ1) is 13.6. The molecule has 0 amide bonds. The van der Waals surface area contributed by atoms with Gasteiger partial charge in [0.2, 0.25) is 10.0 Å². The maximum absolute atomic E-state index is 12.9. The van der Waals surface area contributed by atoms with Gasteiger partial charge in [-0.15, -0.1) is 0 Å². The molecular formula is C19H25N3O5S2. The number of hydrogen-bond acceptors (Lipinski definition) is 5. The Hall–Kier alpha value is -2.14. The minimum absolute atomic E-state index is 0.0893. The summed E-state index contributed by atoms with van der Waals surface area (Å²) in [6, 6.07) is 12.0. The molecule has 158 valence electrons. The van der Waals surface area contributed by atoms with Gasteiger partial charge < -0.3 is 4.74 Å². The van der Waals surface area contributed by atoms with Gasteiger partial charge in [0.25, 0.3) is 0 Å². The summed E-state index contributed by atoms with van der Waals surface area (Å²) in [4.78, 5) is -0.0893. The van der Waals surface area contributed by atoms with Crippen LogP contribution in [0, 0.1) is 0 Å². The van der Waals surface area contributed by atoms with Crippen LogP contribution in [0.5, 0.6) is 5.75 Å². The Labute approximate surface area is 172 Å². The van der Waals surface area contributed by atoms with E-state index in [1.807, 2.05) is 24.3 Å². The van der Waals surface area contributed by atoms with Crippen molar-refractivity contribution in [2.45, 2.75) is 24.8 Å². The van der Waals surface area contributed by atoms with Crippen LogP contribution in [0.2, 0.25) is 0 Å². The Kier molecular flexibility index (Phi) is 6.18. The van der Waals surface area contributed by atoms with Gasteiger partial charge in [0.15, 0.2) is 0 Å². The van der Waals surface area contributed by atoms with E-state index in [0.717, 1.165) is 15.4 Å². The average Bonchev–Trinajstić information content (AvgIpc) is 2.68. The number of hydrogen-bond donors (Lipinski definition) is 1. The van der Waals surface area contributed by atoms with Gasteiger partial charge >= 0.3 is 10.2 Å². The van der Waals surface area contributed by atoms with E-state index in [-0.39, 0.29) is 29.5 Å². The molecular weight excluding hydrogens is 414 g/mol. The van der Waals surface area contributed by atoms with Crippen LogP contribution in [-0.2, 0) is 33.2 Å². The van der Waals surface area contributed by atoms with Crippen LogP contribution in [0.15, 0.2) is 47.4 Å². The largest absolute Gasteiger partial charge is 0.492 e. The number of anilines is 1. The van der Waals surface area contributed by atoms with E-state index >= 15 is 0 Å². The normalized spacial score (nSPS) is 15.2. The second-order valence-electron chi connectivity index (χ2n) is 6.84. The van der Waals surface area contributed by atoms with Crippen LogP contribution in [0.4, 0.5) is 5.69 Å². The number of ether oxygens (including phenoxy) is 1. The van der Waals surface area contributed by atoms with Crippen LogP contribution in [0.25, 0.3) is 0 Å². The highest BCUT2D eigenvalue weighted by molar-refractivity contribution is 7.90. The first-order valence-corrected chi connectivity index (χ1v) is 12.1. The third-order valence-electron chi connectivity index (χ3n) is 4.68. The minimum Gasteiger partial charge on any atom is -0.492 e. The molecule has 0 spiro atoms. The van der Waals surface area contributed by atoms with E-state index in [0.29, 0.717) is 13.0 Å². The second kappa shape index (κ2) is 8.31. The molecule has 0 atom stereocenters. The van der Waals surface area contributed by atoms with Gasteiger partial charge in [-0.1, -0.05) is 24.3 Å². The molecule has 1 heterocycles. The highest BCUT2D eigenvalue weighted by Crippen LogP contribution is 2.30. The fourth-order valence-corrected chi connectivity index (χ4v) is 5.38. The van der Waals surface area contributed by atoms with Gasteiger partial charge in [-0.05, 0) is 42.7 Å². The maximum Gasteiger partial charge on any atom is 0.301 e. The zero-order valence-electron chi connectivity index (χ0n) is 16.6. The van der Waals surface area contributed by atoms with Crippen molar-refractivity contribution in [3.63, 3.8) is 0 Å². The lowest BCUT2D eigenvalue weighted by molar-refractivity contribution is 0.330. The molecule has 10 heteroatoms. The number of benzene rings is 2. The molecule has 8 nitrogen and oxygen atoms in total. The molecule has 2 aromatic carbocycles. The third kappa shape index (κ3) is 4.55. The maximum atomic E-state index is 12.9. The van der Waals surface area contributed by atoms with Crippen LogP contribution < -0.4 is 9.46 Å². The fourth-order valence-electron chi connectivity index (χ4n) is 3.13. The van der Waals surface area contributed by atoms with Gasteiger partial charge in [0.1, 0.15) is 10.6 Å². The fraction of sp³-hybridized carbons (Fsp3) is 0.368. The summed E-state index contributed by atoms with van der Waals surface area (Å²) in [5, 5.41) is 0. The van der Waals surface area contributed by atoms with Crippen LogP contribution in [-0.4, -0.2) is 52.7 Å². The van der Waals surface area contributed by atoms with E-state index in [4.69, 9.17) is 4.74 Å². The van der Waals surface area contributed by atoms with E-state index in [1.165, 1.54) is 36.6 Å². The summed E-state index contributed by atoms with van der Waals surface area (Å²) in [6.07, 6.45) is 0.626. The van der Waals surface area contributed by atoms with Crippen molar-refractivity contribution in [3.8, 4) is 5.75 Å². The number of rotatable bonds is 7.